The number of hydrogen-bond donors (Lipinski definition) is 0. The Morgan fingerprint density at radius 1 is 1.23 bits per heavy atom. The van der Waals surface area contributed by atoms with E-state index < -0.39 is 0 Å². The van der Waals surface area contributed by atoms with Crippen molar-refractivity contribution in [2.24, 2.45) is 5.92 Å². The molecule has 13 heavy (non-hydrogen) atoms. The van der Waals surface area contributed by atoms with Gasteiger partial charge in [-0.3, -0.25) is 0 Å². The van der Waals surface area contributed by atoms with Gasteiger partial charge in [-0.25, -0.2) is 0 Å². The summed E-state index contributed by atoms with van der Waals surface area (Å²) in [7, 11) is 0. The van der Waals surface area contributed by atoms with Crippen LogP contribution in [0.2, 0.25) is 0 Å². The van der Waals surface area contributed by atoms with Crippen LogP contribution in [-0.2, 0) is 0 Å². The van der Waals surface area contributed by atoms with Crippen LogP contribution in [0.15, 0.2) is 46.9 Å². The van der Waals surface area contributed by atoms with Gasteiger partial charge in [0.25, 0.3) is 0 Å². The zero-order chi connectivity index (χ0) is 8.67. The molecule has 1 aliphatic heterocycles. The highest BCUT2D eigenvalue weighted by Gasteiger charge is 2.32. The maximum Gasteiger partial charge on any atom is 0.0378 e. The largest absolute Gasteiger partial charge is 0.122 e. The Labute approximate surface area is 83.1 Å². The van der Waals surface area contributed by atoms with Crippen LogP contribution in [0.5, 0.6) is 0 Å². The molecule has 2 aliphatic carbocycles. The highest BCUT2D eigenvalue weighted by molar-refractivity contribution is 8.04. The van der Waals surface area contributed by atoms with Crippen LogP contribution < -0.4 is 0 Å². The van der Waals surface area contributed by atoms with Crippen molar-refractivity contribution < 1.29 is 0 Å². The van der Waals surface area contributed by atoms with E-state index in [1.807, 2.05) is 0 Å². The van der Waals surface area contributed by atoms with Gasteiger partial charge >= 0.3 is 0 Å². The van der Waals surface area contributed by atoms with Gasteiger partial charge in [-0.1, -0.05) is 36.5 Å². The van der Waals surface area contributed by atoms with Gasteiger partial charge in [0.2, 0.25) is 0 Å². The molecule has 0 aromatic carbocycles. The first-order valence-electron chi connectivity index (χ1n) is 4.86. The van der Waals surface area contributed by atoms with Crippen LogP contribution >= 0.6 is 11.8 Å². The zero-order valence-corrected chi connectivity index (χ0v) is 8.26. The minimum atomic E-state index is 0.668. The van der Waals surface area contributed by atoms with Crippen molar-refractivity contribution >= 4 is 11.8 Å². The van der Waals surface area contributed by atoms with Crippen LogP contribution in [-0.4, -0.2) is 5.25 Å². The second-order valence-corrected chi connectivity index (χ2v) is 4.97. The lowest BCUT2D eigenvalue weighted by molar-refractivity contribution is 0.806. The Morgan fingerprint density at radius 3 is 3.15 bits per heavy atom. The van der Waals surface area contributed by atoms with E-state index in [4.69, 9.17) is 0 Å². The lowest BCUT2D eigenvalue weighted by Gasteiger charge is -2.16. The second-order valence-electron chi connectivity index (χ2n) is 3.70. The molecule has 0 radical (unpaired) electrons. The molecule has 3 rings (SSSR count). The third-order valence-corrected chi connectivity index (χ3v) is 4.33. The minimum absolute atomic E-state index is 0.668. The van der Waals surface area contributed by atoms with Crippen molar-refractivity contribution in [3.8, 4) is 0 Å². The average Bonchev–Trinajstić information content (AvgIpc) is 2.56. The molecule has 1 heteroatoms. The van der Waals surface area contributed by atoms with Crippen LogP contribution in [0.25, 0.3) is 0 Å². The maximum absolute atomic E-state index is 2.34. The fourth-order valence-electron chi connectivity index (χ4n) is 2.23. The predicted molar refractivity (Wildman–Crippen MR) is 58.5 cm³/mol. The van der Waals surface area contributed by atoms with E-state index in [0.29, 0.717) is 11.2 Å². The molecule has 3 aliphatic rings. The summed E-state index contributed by atoms with van der Waals surface area (Å²) in [5.74, 6) is 0.668. The fourth-order valence-corrected chi connectivity index (χ4v) is 3.69. The summed E-state index contributed by atoms with van der Waals surface area (Å²) in [6, 6.07) is 0. The zero-order valence-electron chi connectivity index (χ0n) is 7.44. The molecule has 0 aromatic rings. The van der Waals surface area contributed by atoms with Gasteiger partial charge in [0, 0.05) is 11.2 Å². The van der Waals surface area contributed by atoms with Crippen molar-refractivity contribution in [2.75, 3.05) is 0 Å². The highest BCUT2D eigenvalue weighted by atomic mass is 32.2. The van der Waals surface area contributed by atoms with E-state index in [0.717, 1.165) is 0 Å². The Bertz CT molecular complexity index is 344. The van der Waals surface area contributed by atoms with E-state index in [9.17, 15) is 0 Å². The molecular weight excluding hydrogens is 176 g/mol. The van der Waals surface area contributed by atoms with Crippen LogP contribution in [0.4, 0.5) is 0 Å². The first-order valence-corrected chi connectivity index (χ1v) is 5.74. The minimum Gasteiger partial charge on any atom is -0.122 e. The molecule has 2 atom stereocenters. The van der Waals surface area contributed by atoms with Crippen LogP contribution in [0.1, 0.15) is 12.8 Å². The van der Waals surface area contributed by atoms with Gasteiger partial charge in [-0.15, -0.1) is 11.8 Å². The molecule has 0 nitrogen and oxygen atoms in total. The lowest BCUT2D eigenvalue weighted by atomic mass is 9.89. The van der Waals surface area contributed by atoms with Crippen LogP contribution in [0, 0.1) is 5.92 Å². The van der Waals surface area contributed by atoms with E-state index in [2.05, 4.69) is 48.2 Å². The van der Waals surface area contributed by atoms with Crippen molar-refractivity contribution in [1.29, 1.82) is 0 Å². The molecule has 0 amide bonds. The van der Waals surface area contributed by atoms with Gasteiger partial charge in [-0.2, -0.15) is 0 Å². The summed E-state index contributed by atoms with van der Waals surface area (Å²) in [6.07, 6.45) is 16.2. The van der Waals surface area contributed by atoms with Crippen molar-refractivity contribution in [1.82, 2.24) is 0 Å². The highest BCUT2D eigenvalue weighted by Crippen LogP contribution is 2.48. The molecule has 1 heterocycles. The molecule has 0 N–H and O–H groups in total. The third-order valence-electron chi connectivity index (χ3n) is 2.88. The first-order chi connectivity index (χ1) is 6.45. The summed E-state index contributed by atoms with van der Waals surface area (Å²) in [5, 5.41) is 0.692. The standard InChI is InChI=1S/C12H12S/c1-3-7-11-9(5-1)10-6-2-4-8-12(10)13-11/h1-3,5-7,9,11H,4,8H2. The third kappa shape index (κ3) is 1.14. The Kier molecular flexibility index (Phi) is 1.72. The lowest BCUT2D eigenvalue weighted by Crippen LogP contribution is -2.11. The van der Waals surface area contributed by atoms with Crippen molar-refractivity contribution in [2.45, 2.75) is 18.1 Å². The van der Waals surface area contributed by atoms with Crippen LogP contribution in [0.3, 0.4) is 0 Å². The summed E-state index contributed by atoms with van der Waals surface area (Å²) in [6.45, 7) is 0. The molecule has 0 aromatic heterocycles. The van der Waals surface area contributed by atoms with Gasteiger partial charge in [0.15, 0.2) is 0 Å². The number of rotatable bonds is 0. The maximum atomic E-state index is 2.34. The number of fused-ring (bicyclic) bond motifs is 2. The SMILES string of the molecule is C1=CC2SC3=C(C=CCC3)C2C=C1. The number of thioether (sulfide) groups is 1. The molecule has 0 bridgehead atoms. The smallest absolute Gasteiger partial charge is 0.0378 e. The van der Waals surface area contributed by atoms with E-state index in [1.165, 1.54) is 12.8 Å². The van der Waals surface area contributed by atoms with E-state index >= 15 is 0 Å². The Balaban J connectivity index is 2.00. The van der Waals surface area contributed by atoms with Gasteiger partial charge in [0.05, 0.1) is 0 Å². The summed E-state index contributed by atoms with van der Waals surface area (Å²) in [4.78, 5) is 1.63. The first kappa shape index (κ1) is 7.69. The quantitative estimate of drug-likeness (QED) is 0.561. The Morgan fingerprint density at radius 2 is 2.15 bits per heavy atom. The van der Waals surface area contributed by atoms with Crippen molar-refractivity contribution in [3.05, 3.63) is 46.9 Å². The fraction of sp³-hybridized carbons (Fsp3) is 0.333. The average molecular weight is 188 g/mol. The van der Waals surface area contributed by atoms with E-state index in [-0.39, 0.29) is 0 Å². The molecule has 0 saturated heterocycles. The molecule has 0 spiro atoms. The molecule has 2 unspecified atom stereocenters. The van der Waals surface area contributed by atoms with Crippen molar-refractivity contribution in [3.63, 3.8) is 0 Å². The number of allylic oxidation sites excluding steroid dienone is 7. The number of hydrogen-bond acceptors (Lipinski definition) is 1. The molecule has 0 saturated carbocycles. The molecule has 0 fully saturated rings. The Hall–Kier alpha value is -0.690. The summed E-state index contributed by atoms with van der Waals surface area (Å²) >= 11 is 2.07. The molecule has 66 valence electrons. The topological polar surface area (TPSA) is 0 Å². The normalized spacial score (nSPS) is 35.1. The van der Waals surface area contributed by atoms with Gasteiger partial charge in [0.1, 0.15) is 0 Å². The summed E-state index contributed by atoms with van der Waals surface area (Å²) in [5.41, 5.74) is 1.59. The predicted octanol–water partition coefficient (Wildman–Crippen LogP) is 3.45. The van der Waals surface area contributed by atoms with Gasteiger partial charge < -0.3 is 0 Å². The van der Waals surface area contributed by atoms with E-state index in [1.54, 1.807) is 10.5 Å². The summed E-state index contributed by atoms with van der Waals surface area (Å²) < 4.78 is 0. The van der Waals surface area contributed by atoms with Gasteiger partial charge in [-0.05, 0) is 23.3 Å². The monoisotopic (exact) mass is 188 g/mol. The molecular formula is C12H12S. The second kappa shape index (κ2) is 2.91.